The van der Waals surface area contributed by atoms with Crippen molar-refractivity contribution in [3.8, 4) is 5.75 Å². The average Bonchev–Trinajstić information content (AvgIpc) is 2.65. The molecule has 1 aliphatic heterocycles. The first-order valence-electron chi connectivity index (χ1n) is 9.37. The number of para-hydroxylation sites is 1. The highest BCUT2D eigenvalue weighted by Gasteiger charge is 2.45. The summed E-state index contributed by atoms with van der Waals surface area (Å²) in [6.45, 7) is 3.28. The van der Waals surface area contributed by atoms with Crippen molar-refractivity contribution in [2.75, 3.05) is 26.2 Å². The highest BCUT2D eigenvalue weighted by molar-refractivity contribution is 5.85. The van der Waals surface area contributed by atoms with Crippen LogP contribution in [0.3, 0.4) is 0 Å². The van der Waals surface area contributed by atoms with Gasteiger partial charge in [-0.3, -0.25) is 4.90 Å². The molecule has 0 aromatic heterocycles. The largest absolute Gasteiger partial charge is 0.461 e. The first-order valence-corrected chi connectivity index (χ1v) is 9.37. The number of ether oxygens (including phenoxy) is 1. The number of hydrogen-bond donors (Lipinski definition) is 1. The van der Waals surface area contributed by atoms with Crippen molar-refractivity contribution in [2.24, 2.45) is 5.92 Å². The molecule has 0 spiro atoms. The van der Waals surface area contributed by atoms with E-state index in [1.54, 1.807) is 18.2 Å². The van der Waals surface area contributed by atoms with Crippen molar-refractivity contribution in [3.63, 3.8) is 0 Å². The lowest BCUT2D eigenvalue weighted by atomic mass is 9.80. The summed E-state index contributed by atoms with van der Waals surface area (Å²) in [5.74, 6) is 0.193. The molecular weight excluding hydrogens is 419 g/mol. The minimum atomic E-state index is -4.49. The molecule has 3 rings (SSSR count). The van der Waals surface area contributed by atoms with Crippen molar-refractivity contribution < 1.29 is 22.3 Å². The second-order valence-electron chi connectivity index (χ2n) is 7.13. The van der Waals surface area contributed by atoms with Crippen LogP contribution in [0.2, 0.25) is 0 Å². The number of benzene rings is 1. The summed E-state index contributed by atoms with van der Waals surface area (Å²) in [6.07, 6.45) is -2.89. The van der Waals surface area contributed by atoms with E-state index in [1.165, 1.54) is 12.5 Å². The summed E-state index contributed by atoms with van der Waals surface area (Å²) in [7, 11) is 0. The van der Waals surface area contributed by atoms with E-state index in [2.05, 4.69) is 15.0 Å². The third kappa shape index (κ3) is 6.12. The van der Waals surface area contributed by atoms with Gasteiger partial charge in [0, 0.05) is 37.8 Å². The van der Waals surface area contributed by atoms with E-state index in [0.717, 1.165) is 51.9 Å². The fourth-order valence-electron chi connectivity index (χ4n) is 4.17. The van der Waals surface area contributed by atoms with Gasteiger partial charge in [-0.05, 0) is 24.8 Å². The van der Waals surface area contributed by atoms with Crippen molar-refractivity contribution >= 4 is 24.8 Å². The summed E-state index contributed by atoms with van der Waals surface area (Å²) in [4.78, 5) is 2.29. The van der Waals surface area contributed by atoms with Crippen molar-refractivity contribution in [2.45, 2.75) is 50.7 Å². The summed E-state index contributed by atoms with van der Waals surface area (Å²) >= 11 is 0. The molecule has 2 aliphatic rings. The summed E-state index contributed by atoms with van der Waals surface area (Å²) in [6, 6.07) is 6.36. The van der Waals surface area contributed by atoms with Gasteiger partial charge in [0.2, 0.25) is 0 Å². The molecule has 1 aromatic carbocycles. The molecule has 9 heteroatoms. The highest BCUT2D eigenvalue weighted by Crippen LogP contribution is 2.43. The first kappa shape index (κ1) is 25.3. The van der Waals surface area contributed by atoms with Gasteiger partial charge < -0.3 is 10.1 Å². The maximum atomic E-state index is 13.6. The Hall–Kier alpha value is -0.760. The van der Waals surface area contributed by atoms with Gasteiger partial charge >= 0.3 is 12.5 Å². The number of nitrogens with one attached hydrogen (secondary N) is 1. The SMILES string of the molecule is Cl.Cl.FC(F)C(F)(F)Oc1ccccc1[C@@H](C1CCCCC1)N1CCNCC1. The molecule has 1 aromatic rings. The molecular formula is C19H28Cl2F4N2O. The molecule has 3 nitrogen and oxygen atoms in total. The van der Waals surface area contributed by atoms with Gasteiger partial charge in [-0.15, -0.1) is 24.8 Å². The summed E-state index contributed by atoms with van der Waals surface area (Å²) < 4.78 is 57.0. The van der Waals surface area contributed by atoms with Crippen LogP contribution in [0.4, 0.5) is 17.6 Å². The van der Waals surface area contributed by atoms with E-state index in [9.17, 15) is 17.6 Å². The van der Waals surface area contributed by atoms with Crippen molar-refractivity contribution in [3.05, 3.63) is 29.8 Å². The molecule has 1 heterocycles. The Morgan fingerprint density at radius 3 is 2.21 bits per heavy atom. The second kappa shape index (κ2) is 11.4. The molecule has 162 valence electrons. The standard InChI is InChI=1S/C19H26F4N2O.2ClH/c20-18(21)19(22,23)26-16-9-5-4-8-15(16)17(14-6-2-1-3-7-14)25-12-10-24-11-13-25;;/h4-5,8-9,14,17-18,24H,1-3,6-7,10-13H2;2*1H/t17-;;/m1../s1. The molecule has 0 radical (unpaired) electrons. The summed E-state index contributed by atoms with van der Waals surface area (Å²) in [5.41, 5.74) is 0.599. The Bertz CT molecular complexity index is 565. The lowest BCUT2D eigenvalue weighted by molar-refractivity contribution is -0.253. The van der Waals surface area contributed by atoms with Crippen molar-refractivity contribution in [1.82, 2.24) is 10.2 Å². The van der Waals surface area contributed by atoms with Crippen LogP contribution in [0.1, 0.15) is 43.7 Å². The monoisotopic (exact) mass is 446 g/mol. The zero-order chi connectivity index (χ0) is 18.6. The molecule has 1 N–H and O–H groups in total. The predicted molar refractivity (Wildman–Crippen MR) is 106 cm³/mol. The maximum Gasteiger partial charge on any atom is 0.461 e. The third-order valence-corrected chi connectivity index (χ3v) is 5.38. The normalized spacial score (nSPS) is 20.2. The molecule has 1 saturated heterocycles. The highest BCUT2D eigenvalue weighted by atomic mass is 35.5. The third-order valence-electron chi connectivity index (χ3n) is 5.38. The number of alkyl halides is 4. The van der Waals surface area contributed by atoms with Gasteiger partial charge in [-0.1, -0.05) is 37.5 Å². The van der Waals surface area contributed by atoms with Gasteiger partial charge in [0.15, 0.2) is 0 Å². The molecule has 28 heavy (non-hydrogen) atoms. The van der Waals surface area contributed by atoms with E-state index in [0.29, 0.717) is 11.5 Å². The van der Waals surface area contributed by atoms with Crippen LogP contribution in [0.25, 0.3) is 0 Å². The van der Waals surface area contributed by atoms with Crippen LogP contribution in [-0.2, 0) is 0 Å². The van der Waals surface area contributed by atoms with E-state index < -0.39 is 12.5 Å². The molecule has 1 atom stereocenters. The quantitative estimate of drug-likeness (QED) is 0.600. The van der Waals surface area contributed by atoms with Crippen LogP contribution < -0.4 is 10.1 Å². The molecule has 0 unspecified atom stereocenters. The Morgan fingerprint density at radius 2 is 1.61 bits per heavy atom. The zero-order valence-corrected chi connectivity index (χ0v) is 17.2. The smallest absolute Gasteiger partial charge is 0.428 e. The van der Waals surface area contributed by atoms with Gasteiger partial charge in [-0.25, -0.2) is 0 Å². The molecule has 0 bridgehead atoms. The first-order chi connectivity index (χ1) is 12.5. The predicted octanol–water partition coefficient (Wildman–Crippen LogP) is 5.29. The second-order valence-corrected chi connectivity index (χ2v) is 7.13. The Labute approximate surface area is 176 Å². The molecule has 0 amide bonds. The van der Waals surface area contributed by atoms with Crippen LogP contribution in [0, 0.1) is 5.92 Å². The zero-order valence-electron chi connectivity index (χ0n) is 15.6. The van der Waals surface area contributed by atoms with E-state index in [4.69, 9.17) is 0 Å². The number of rotatable bonds is 6. The van der Waals surface area contributed by atoms with Gasteiger partial charge in [0.25, 0.3) is 0 Å². The fourth-order valence-corrected chi connectivity index (χ4v) is 4.17. The lowest BCUT2D eigenvalue weighted by Gasteiger charge is -2.41. The van der Waals surface area contributed by atoms with Crippen LogP contribution >= 0.6 is 24.8 Å². The van der Waals surface area contributed by atoms with Crippen LogP contribution in [-0.4, -0.2) is 43.6 Å². The Kier molecular flexibility index (Phi) is 10.3. The number of hydrogen-bond acceptors (Lipinski definition) is 3. The van der Waals surface area contributed by atoms with Crippen LogP contribution in [0.5, 0.6) is 5.75 Å². The molecule has 2 fully saturated rings. The van der Waals surface area contributed by atoms with Gasteiger partial charge in [-0.2, -0.15) is 17.6 Å². The van der Waals surface area contributed by atoms with Gasteiger partial charge in [0.1, 0.15) is 5.75 Å². The minimum absolute atomic E-state index is 0. The summed E-state index contributed by atoms with van der Waals surface area (Å²) in [5, 5.41) is 3.30. The lowest BCUT2D eigenvalue weighted by Crippen LogP contribution is -2.47. The fraction of sp³-hybridized carbons (Fsp3) is 0.684. The van der Waals surface area contributed by atoms with Gasteiger partial charge in [0.05, 0.1) is 0 Å². The van der Waals surface area contributed by atoms with E-state index in [-0.39, 0.29) is 36.6 Å². The van der Waals surface area contributed by atoms with Crippen molar-refractivity contribution in [1.29, 1.82) is 0 Å². The number of piperazine rings is 1. The minimum Gasteiger partial charge on any atom is -0.428 e. The Morgan fingerprint density at radius 1 is 1.00 bits per heavy atom. The van der Waals surface area contributed by atoms with E-state index >= 15 is 0 Å². The van der Waals surface area contributed by atoms with Crippen LogP contribution in [0.15, 0.2) is 24.3 Å². The Balaban J connectivity index is 0.00000196. The maximum absolute atomic E-state index is 13.6. The average molecular weight is 447 g/mol. The van der Waals surface area contributed by atoms with E-state index in [1.807, 2.05) is 0 Å². The number of halogens is 6. The number of nitrogens with zero attached hydrogens (tertiary/aromatic N) is 1. The topological polar surface area (TPSA) is 24.5 Å². The molecule has 1 saturated carbocycles. The molecule has 1 aliphatic carbocycles.